The lowest BCUT2D eigenvalue weighted by atomic mass is 10.0. The highest BCUT2D eigenvalue weighted by molar-refractivity contribution is 5.93. The number of nitrogens with zero attached hydrogens (tertiary/aromatic N) is 1. The van der Waals surface area contributed by atoms with E-state index in [2.05, 4.69) is 42.3 Å². The maximum Gasteiger partial charge on any atom is 0.238 e. The Bertz CT molecular complexity index is 511. The van der Waals surface area contributed by atoms with Crippen molar-refractivity contribution in [2.45, 2.75) is 32.2 Å². The lowest BCUT2D eigenvalue weighted by molar-refractivity contribution is -0.117. The van der Waals surface area contributed by atoms with Gasteiger partial charge in [-0.3, -0.25) is 9.69 Å². The fraction of sp³-hybridized carbons (Fsp3) is 0.471. The topological polar surface area (TPSA) is 58.4 Å². The number of benzene rings is 1. The first-order valence-corrected chi connectivity index (χ1v) is 7.61. The van der Waals surface area contributed by atoms with Gasteiger partial charge in [-0.1, -0.05) is 44.2 Å². The quantitative estimate of drug-likeness (QED) is 0.817. The molecule has 1 heterocycles. The minimum absolute atomic E-state index is 0.0249. The SMILES string of the molecule is CC(C)c1ccccc1NC(=O)CN1CCC=CC1CN. The van der Waals surface area contributed by atoms with Crippen molar-refractivity contribution in [2.75, 3.05) is 25.0 Å². The number of amides is 1. The fourth-order valence-corrected chi connectivity index (χ4v) is 2.69. The second-order valence-electron chi connectivity index (χ2n) is 5.78. The first kappa shape index (κ1) is 15.7. The van der Waals surface area contributed by atoms with Gasteiger partial charge in [0.2, 0.25) is 5.91 Å². The van der Waals surface area contributed by atoms with Gasteiger partial charge in [0.1, 0.15) is 0 Å². The third kappa shape index (κ3) is 4.16. The normalized spacial score (nSPS) is 19.0. The van der Waals surface area contributed by atoms with Gasteiger partial charge in [-0.15, -0.1) is 0 Å². The molecule has 0 spiro atoms. The van der Waals surface area contributed by atoms with E-state index < -0.39 is 0 Å². The molecule has 4 heteroatoms. The van der Waals surface area contributed by atoms with Crippen LogP contribution in [0.2, 0.25) is 0 Å². The summed E-state index contributed by atoms with van der Waals surface area (Å²) in [7, 11) is 0. The fourth-order valence-electron chi connectivity index (χ4n) is 2.69. The van der Waals surface area contributed by atoms with Crippen molar-refractivity contribution in [1.29, 1.82) is 0 Å². The molecule has 2 rings (SSSR count). The number of rotatable bonds is 5. The van der Waals surface area contributed by atoms with Crippen molar-refractivity contribution < 1.29 is 4.79 Å². The zero-order valence-electron chi connectivity index (χ0n) is 12.9. The smallest absolute Gasteiger partial charge is 0.238 e. The zero-order chi connectivity index (χ0) is 15.2. The number of para-hydroxylation sites is 1. The summed E-state index contributed by atoms with van der Waals surface area (Å²) in [6, 6.07) is 8.15. The van der Waals surface area contributed by atoms with E-state index in [1.54, 1.807) is 0 Å². The molecule has 1 aromatic rings. The van der Waals surface area contributed by atoms with Crippen LogP contribution in [0.1, 0.15) is 31.7 Å². The second kappa shape index (κ2) is 7.38. The Morgan fingerprint density at radius 1 is 1.43 bits per heavy atom. The summed E-state index contributed by atoms with van der Waals surface area (Å²) < 4.78 is 0. The summed E-state index contributed by atoms with van der Waals surface area (Å²) >= 11 is 0. The van der Waals surface area contributed by atoms with Crippen LogP contribution in [0.3, 0.4) is 0 Å². The predicted molar refractivity (Wildman–Crippen MR) is 87.3 cm³/mol. The van der Waals surface area contributed by atoms with Gasteiger partial charge >= 0.3 is 0 Å². The summed E-state index contributed by atoms with van der Waals surface area (Å²) in [5.74, 6) is 0.410. The third-order valence-corrected chi connectivity index (χ3v) is 3.86. The Hall–Kier alpha value is -1.65. The van der Waals surface area contributed by atoms with Crippen LogP contribution in [0, 0.1) is 0 Å². The molecule has 0 aliphatic carbocycles. The average Bonchev–Trinajstić information content (AvgIpc) is 2.48. The molecular weight excluding hydrogens is 262 g/mol. The van der Waals surface area contributed by atoms with Crippen LogP contribution in [0.5, 0.6) is 0 Å². The standard InChI is InChI=1S/C17H25N3O/c1-13(2)15-8-3-4-9-16(15)19-17(21)12-20-10-6-5-7-14(20)11-18/h3-5,7-9,13-14H,6,10-12,18H2,1-2H3,(H,19,21). The largest absolute Gasteiger partial charge is 0.329 e. The van der Waals surface area contributed by atoms with Crippen molar-refractivity contribution in [3.63, 3.8) is 0 Å². The number of nitrogens with two attached hydrogens (primary N) is 1. The van der Waals surface area contributed by atoms with Gasteiger partial charge < -0.3 is 11.1 Å². The Morgan fingerprint density at radius 2 is 2.19 bits per heavy atom. The van der Waals surface area contributed by atoms with Crippen LogP contribution in [-0.4, -0.2) is 36.5 Å². The van der Waals surface area contributed by atoms with Crippen molar-refractivity contribution in [2.24, 2.45) is 5.73 Å². The summed E-state index contributed by atoms with van der Waals surface area (Å²) in [6.07, 6.45) is 5.21. The molecule has 4 nitrogen and oxygen atoms in total. The number of anilines is 1. The summed E-state index contributed by atoms with van der Waals surface area (Å²) in [5.41, 5.74) is 7.84. The van der Waals surface area contributed by atoms with Gasteiger partial charge in [0.25, 0.3) is 0 Å². The molecule has 1 aromatic carbocycles. The maximum atomic E-state index is 12.3. The molecule has 1 aliphatic rings. The van der Waals surface area contributed by atoms with E-state index in [4.69, 9.17) is 5.73 Å². The lowest BCUT2D eigenvalue weighted by Gasteiger charge is -2.30. The van der Waals surface area contributed by atoms with Gasteiger partial charge in [0.15, 0.2) is 0 Å². The van der Waals surface area contributed by atoms with Crippen molar-refractivity contribution in [3.8, 4) is 0 Å². The molecule has 114 valence electrons. The highest BCUT2D eigenvalue weighted by atomic mass is 16.2. The molecule has 0 bridgehead atoms. The molecule has 1 aliphatic heterocycles. The van der Waals surface area contributed by atoms with Crippen LogP contribution in [-0.2, 0) is 4.79 Å². The van der Waals surface area contributed by atoms with Gasteiger partial charge in [-0.25, -0.2) is 0 Å². The Balaban J connectivity index is 2.00. The van der Waals surface area contributed by atoms with E-state index in [0.717, 1.165) is 18.7 Å². The predicted octanol–water partition coefficient (Wildman–Crippen LogP) is 2.34. The Labute approximate surface area is 127 Å². The molecule has 1 amide bonds. The molecule has 1 atom stereocenters. The van der Waals surface area contributed by atoms with Gasteiger partial charge in [-0.05, 0) is 24.0 Å². The summed E-state index contributed by atoms with van der Waals surface area (Å²) in [5, 5.41) is 3.04. The summed E-state index contributed by atoms with van der Waals surface area (Å²) in [4.78, 5) is 14.4. The van der Waals surface area contributed by atoms with Crippen molar-refractivity contribution in [1.82, 2.24) is 4.90 Å². The number of nitrogens with one attached hydrogen (secondary N) is 1. The lowest BCUT2D eigenvalue weighted by Crippen LogP contribution is -2.45. The minimum Gasteiger partial charge on any atom is -0.329 e. The van der Waals surface area contributed by atoms with E-state index in [-0.39, 0.29) is 11.9 Å². The van der Waals surface area contributed by atoms with Gasteiger partial charge in [0, 0.05) is 24.8 Å². The monoisotopic (exact) mass is 287 g/mol. The Morgan fingerprint density at radius 3 is 2.90 bits per heavy atom. The highest BCUT2D eigenvalue weighted by Gasteiger charge is 2.20. The number of carbonyl (C=O) groups is 1. The number of carbonyl (C=O) groups excluding carboxylic acids is 1. The first-order chi connectivity index (χ1) is 10.1. The van der Waals surface area contributed by atoms with Crippen molar-refractivity contribution >= 4 is 11.6 Å². The molecular formula is C17H25N3O. The molecule has 0 radical (unpaired) electrons. The highest BCUT2D eigenvalue weighted by Crippen LogP contribution is 2.23. The van der Waals surface area contributed by atoms with E-state index in [9.17, 15) is 4.79 Å². The molecule has 0 saturated heterocycles. The summed E-state index contributed by atoms with van der Waals surface area (Å²) in [6.45, 7) is 6.08. The second-order valence-corrected chi connectivity index (χ2v) is 5.78. The minimum atomic E-state index is 0.0249. The Kier molecular flexibility index (Phi) is 5.53. The van der Waals surface area contributed by atoms with Crippen LogP contribution in [0.4, 0.5) is 5.69 Å². The van der Waals surface area contributed by atoms with E-state index in [1.165, 1.54) is 5.56 Å². The average molecular weight is 287 g/mol. The zero-order valence-corrected chi connectivity index (χ0v) is 12.9. The van der Waals surface area contributed by atoms with E-state index in [0.29, 0.717) is 19.0 Å². The molecule has 0 fully saturated rings. The van der Waals surface area contributed by atoms with Crippen LogP contribution >= 0.6 is 0 Å². The number of hydrogen-bond donors (Lipinski definition) is 2. The van der Waals surface area contributed by atoms with Crippen LogP contribution in [0.25, 0.3) is 0 Å². The van der Waals surface area contributed by atoms with Gasteiger partial charge in [0.05, 0.1) is 6.54 Å². The van der Waals surface area contributed by atoms with Crippen LogP contribution < -0.4 is 11.1 Å². The van der Waals surface area contributed by atoms with Gasteiger partial charge in [-0.2, -0.15) is 0 Å². The molecule has 0 saturated carbocycles. The van der Waals surface area contributed by atoms with E-state index in [1.807, 2.05) is 18.2 Å². The molecule has 1 unspecified atom stereocenters. The third-order valence-electron chi connectivity index (χ3n) is 3.86. The van der Waals surface area contributed by atoms with Crippen LogP contribution in [0.15, 0.2) is 36.4 Å². The van der Waals surface area contributed by atoms with E-state index >= 15 is 0 Å². The maximum absolute atomic E-state index is 12.3. The molecule has 3 N–H and O–H groups in total. The molecule has 0 aromatic heterocycles. The first-order valence-electron chi connectivity index (χ1n) is 7.61. The number of hydrogen-bond acceptors (Lipinski definition) is 3. The molecule has 21 heavy (non-hydrogen) atoms. The van der Waals surface area contributed by atoms with Crippen molar-refractivity contribution in [3.05, 3.63) is 42.0 Å².